The van der Waals surface area contributed by atoms with Crippen LogP contribution in [0.15, 0.2) is 42.5 Å². The van der Waals surface area contributed by atoms with Crippen LogP contribution in [0, 0.1) is 0 Å². The fourth-order valence-electron chi connectivity index (χ4n) is 4.56. The third-order valence-corrected chi connectivity index (χ3v) is 6.60. The number of benzene rings is 2. The molecule has 0 aromatic heterocycles. The lowest BCUT2D eigenvalue weighted by Crippen LogP contribution is -2.26. The Balaban J connectivity index is 1.78. The lowest BCUT2D eigenvalue weighted by molar-refractivity contribution is -0.136. The second kappa shape index (κ2) is 10.8. The van der Waals surface area contributed by atoms with Crippen molar-refractivity contribution in [3.8, 4) is 0 Å². The van der Waals surface area contributed by atoms with E-state index in [4.69, 9.17) is 5.11 Å². The summed E-state index contributed by atoms with van der Waals surface area (Å²) in [7, 11) is 0. The van der Waals surface area contributed by atoms with E-state index >= 15 is 0 Å². The van der Waals surface area contributed by atoms with Crippen molar-refractivity contribution in [3.63, 3.8) is 0 Å². The van der Waals surface area contributed by atoms with Gasteiger partial charge in [0.25, 0.3) is 5.91 Å². The quantitative estimate of drug-likeness (QED) is 0.392. The number of nitrogens with one attached hydrogen (secondary N) is 1. The van der Waals surface area contributed by atoms with Crippen LogP contribution in [0.1, 0.15) is 91.4 Å². The van der Waals surface area contributed by atoms with E-state index in [1.54, 1.807) is 0 Å². The van der Waals surface area contributed by atoms with Gasteiger partial charge in [0.2, 0.25) is 0 Å². The summed E-state index contributed by atoms with van der Waals surface area (Å²) in [5, 5.41) is 21.6. The molecule has 0 aliphatic heterocycles. The van der Waals surface area contributed by atoms with Gasteiger partial charge in [-0.05, 0) is 66.5 Å². The Labute approximate surface area is 190 Å². The smallest absolute Gasteiger partial charge is 0.305 e. The van der Waals surface area contributed by atoms with Gasteiger partial charge < -0.3 is 15.5 Å². The molecule has 3 N–H and O–H groups in total. The Morgan fingerprint density at radius 2 is 1.78 bits per heavy atom. The Kier molecular flexibility index (Phi) is 8.08. The third kappa shape index (κ3) is 5.39. The number of amides is 1. The number of aliphatic hydroxyl groups excluding tert-OH is 1. The molecule has 0 fully saturated rings. The molecule has 172 valence electrons. The lowest BCUT2D eigenvalue weighted by Gasteiger charge is -2.19. The van der Waals surface area contributed by atoms with Gasteiger partial charge in [0, 0.05) is 17.5 Å². The standard InChI is InChI=1S/C27H35NO4/c1-3-5-6-7-19-8-13-23-24(18-19)27(23,16-14-22(29)4-2)21-11-9-20(10-12-21)26(32)28-17-15-25(30)31/h8-13,18,22,29H,3-7,14-17H2,1-2H3,(H,28,32)(H,30,31). The van der Waals surface area contributed by atoms with E-state index in [1.165, 1.54) is 36.0 Å². The average molecular weight is 438 g/mol. The van der Waals surface area contributed by atoms with E-state index in [2.05, 4.69) is 30.4 Å². The van der Waals surface area contributed by atoms with Gasteiger partial charge in [-0.15, -0.1) is 0 Å². The van der Waals surface area contributed by atoms with Crippen LogP contribution in [0.2, 0.25) is 0 Å². The Hall–Kier alpha value is -2.66. The van der Waals surface area contributed by atoms with Crippen molar-refractivity contribution >= 4 is 11.9 Å². The van der Waals surface area contributed by atoms with Gasteiger partial charge in [-0.25, -0.2) is 0 Å². The predicted molar refractivity (Wildman–Crippen MR) is 126 cm³/mol. The molecule has 2 aromatic rings. The molecule has 0 bridgehead atoms. The number of fused-ring (bicyclic) bond motifs is 1. The number of carboxylic acid groups (broad SMARTS) is 1. The molecule has 2 unspecified atom stereocenters. The first-order chi connectivity index (χ1) is 15.4. The topological polar surface area (TPSA) is 86.6 Å². The molecule has 2 aromatic carbocycles. The van der Waals surface area contributed by atoms with Gasteiger partial charge in [-0.3, -0.25) is 9.59 Å². The first-order valence-electron chi connectivity index (χ1n) is 11.8. The molecule has 0 saturated heterocycles. The van der Waals surface area contributed by atoms with Crippen molar-refractivity contribution in [3.05, 3.63) is 70.3 Å². The fraction of sp³-hybridized carbons (Fsp3) is 0.481. The Morgan fingerprint density at radius 1 is 1.03 bits per heavy atom. The first kappa shape index (κ1) is 24.0. The van der Waals surface area contributed by atoms with Crippen molar-refractivity contribution in [1.82, 2.24) is 5.32 Å². The number of aliphatic carboxylic acids is 1. The SMILES string of the molecule is CCCCCc1ccc2c(c1)C2(CCC(O)CC)c1ccc(C(=O)NCCC(=O)O)cc1. The highest BCUT2D eigenvalue weighted by molar-refractivity contribution is 5.94. The van der Waals surface area contributed by atoms with Crippen LogP contribution in [-0.4, -0.2) is 34.7 Å². The number of hydrogen-bond donors (Lipinski definition) is 3. The number of carboxylic acids is 1. The number of hydrogen-bond acceptors (Lipinski definition) is 3. The number of carbonyl (C=O) groups excluding carboxylic acids is 1. The highest BCUT2D eigenvalue weighted by Gasteiger charge is 2.51. The van der Waals surface area contributed by atoms with Crippen molar-refractivity contribution in [1.29, 1.82) is 0 Å². The van der Waals surface area contributed by atoms with E-state index in [9.17, 15) is 14.7 Å². The minimum absolute atomic E-state index is 0.0947. The highest BCUT2D eigenvalue weighted by atomic mass is 16.4. The molecule has 1 aliphatic rings. The highest BCUT2D eigenvalue weighted by Crippen LogP contribution is 2.58. The maximum atomic E-state index is 12.3. The second-order valence-electron chi connectivity index (χ2n) is 8.82. The zero-order valence-corrected chi connectivity index (χ0v) is 19.2. The predicted octanol–water partition coefficient (Wildman–Crippen LogP) is 4.82. The normalized spacial score (nSPS) is 17.5. The van der Waals surface area contributed by atoms with Gasteiger partial charge in [-0.2, -0.15) is 0 Å². The van der Waals surface area contributed by atoms with Crippen molar-refractivity contribution in [2.75, 3.05) is 6.54 Å². The molecule has 2 atom stereocenters. The Morgan fingerprint density at radius 3 is 2.44 bits per heavy atom. The summed E-state index contributed by atoms with van der Waals surface area (Å²) < 4.78 is 0. The molecular formula is C27H35NO4. The van der Waals surface area contributed by atoms with Crippen LogP contribution in [0.25, 0.3) is 0 Å². The summed E-state index contributed by atoms with van der Waals surface area (Å²) in [6.07, 6.45) is 6.64. The summed E-state index contributed by atoms with van der Waals surface area (Å²) in [6.45, 7) is 4.33. The summed E-state index contributed by atoms with van der Waals surface area (Å²) in [4.78, 5) is 23.0. The van der Waals surface area contributed by atoms with Crippen LogP contribution in [0.5, 0.6) is 0 Å². The maximum absolute atomic E-state index is 12.3. The van der Waals surface area contributed by atoms with Gasteiger partial charge >= 0.3 is 5.97 Å². The minimum Gasteiger partial charge on any atom is -0.481 e. The molecule has 0 heterocycles. The molecule has 5 heteroatoms. The van der Waals surface area contributed by atoms with E-state index in [-0.39, 0.29) is 30.4 Å². The van der Waals surface area contributed by atoms with Crippen LogP contribution < -0.4 is 5.32 Å². The molecule has 1 amide bonds. The fourth-order valence-corrected chi connectivity index (χ4v) is 4.56. The van der Waals surface area contributed by atoms with E-state index in [0.717, 1.165) is 31.2 Å². The maximum Gasteiger partial charge on any atom is 0.305 e. The minimum atomic E-state index is -0.933. The molecule has 0 saturated carbocycles. The summed E-state index contributed by atoms with van der Waals surface area (Å²) in [6, 6.07) is 14.4. The van der Waals surface area contributed by atoms with E-state index < -0.39 is 5.97 Å². The third-order valence-electron chi connectivity index (χ3n) is 6.60. The van der Waals surface area contributed by atoms with Crippen molar-refractivity contribution in [2.45, 2.75) is 76.7 Å². The Bertz CT molecular complexity index is 937. The van der Waals surface area contributed by atoms with E-state index in [0.29, 0.717) is 5.56 Å². The number of rotatable bonds is 13. The summed E-state index contributed by atoms with van der Waals surface area (Å²) in [5.74, 6) is -1.20. The molecule has 1 aliphatic carbocycles. The number of aliphatic hydroxyl groups is 1. The monoisotopic (exact) mass is 437 g/mol. The average Bonchev–Trinajstić information content (AvgIpc) is 3.45. The van der Waals surface area contributed by atoms with Crippen molar-refractivity contribution in [2.24, 2.45) is 0 Å². The van der Waals surface area contributed by atoms with Gasteiger partial charge in [-0.1, -0.05) is 57.0 Å². The van der Waals surface area contributed by atoms with E-state index in [1.807, 2.05) is 31.2 Å². The number of carbonyl (C=O) groups is 2. The van der Waals surface area contributed by atoms with Crippen LogP contribution in [-0.2, 0) is 16.6 Å². The summed E-state index contributed by atoms with van der Waals surface area (Å²) >= 11 is 0. The van der Waals surface area contributed by atoms with Crippen LogP contribution in [0.4, 0.5) is 0 Å². The lowest BCUT2D eigenvalue weighted by atomic mass is 9.85. The van der Waals surface area contributed by atoms with Gasteiger partial charge in [0.1, 0.15) is 0 Å². The largest absolute Gasteiger partial charge is 0.481 e. The molecular weight excluding hydrogens is 402 g/mol. The van der Waals surface area contributed by atoms with Crippen LogP contribution in [0.3, 0.4) is 0 Å². The zero-order chi connectivity index (χ0) is 23.1. The molecule has 5 nitrogen and oxygen atoms in total. The number of unbranched alkanes of at least 4 members (excludes halogenated alkanes) is 2. The second-order valence-corrected chi connectivity index (χ2v) is 8.82. The first-order valence-corrected chi connectivity index (χ1v) is 11.8. The molecule has 3 rings (SSSR count). The summed E-state index contributed by atoms with van der Waals surface area (Å²) in [5.41, 5.74) is 5.51. The molecule has 0 spiro atoms. The van der Waals surface area contributed by atoms with Gasteiger partial charge in [0.15, 0.2) is 0 Å². The molecule has 32 heavy (non-hydrogen) atoms. The van der Waals surface area contributed by atoms with Crippen LogP contribution >= 0.6 is 0 Å². The van der Waals surface area contributed by atoms with Crippen molar-refractivity contribution < 1.29 is 19.8 Å². The molecule has 0 radical (unpaired) electrons. The zero-order valence-electron chi connectivity index (χ0n) is 19.2. The van der Waals surface area contributed by atoms with Gasteiger partial charge in [0.05, 0.1) is 12.5 Å². The number of aryl methyl sites for hydroxylation is 1.